The van der Waals surface area contributed by atoms with Crippen LogP contribution in [0.2, 0.25) is 0 Å². The van der Waals surface area contributed by atoms with Crippen molar-refractivity contribution in [2.45, 2.75) is 60.2 Å². The molecule has 1 N–H and O–H groups in total. The highest BCUT2D eigenvalue weighted by atomic mass is 19.1. The SMILES string of the molecule is CC(C)CN(c1cccc(F)c1CNC(C)C)C(C)C. The van der Waals surface area contributed by atoms with Gasteiger partial charge in [0, 0.05) is 36.4 Å². The molecule has 0 saturated heterocycles. The van der Waals surface area contributed by atoms with Crippen LogP contribution in [0.5, 0.6) is 0 Å². The molecule has 114 valence electrons. The van der Waals surface area contributed by atoms with Crippen molar-refractivity contribution in [3.63, 3.8) is 0 Å². The van der Waals surface area contributed by atoms with Crippen molar-refractivity contribution < 1.29 is 4.39 Å². The molecule has 20 heavy (non-hydrogen) atoms. The zero-order valence-corrected chi connectivity index (χ0v) is 13.7. The maximum absolute atomic E-state index is 14.2. The Kier molecular flexibility index (Phi) is 6.47. The summed E-state index contributed by atoms with van der Waals surface area (Å²) < 4.78 is 14.2. The third kappa shape index (κ3) is 4.78. The van der Waals surface area contributed by atoms with Crippen molar-refractivity contribution >= 4 is 5.69 Å². The Bertz CT molecular complexity index is 413. The Morgan fingerprint density at radius 1 is 1.10 bits per heavy atom. The molecule has 0 aliphatic rings. The lowest BCUT2D eigenvalue weighted by Crippen LogP contribution is -2.35. The Balaban J connectivity index is 3.09. The van der Waals surface area contributed by atoms with Crippen molar-refractivity contribution in [1.82, 2.24) is 5.32 Å². The summed E-state index contributed by atoms with van der Waals surface area (Å²) in [6.45, 7) is 14.4. The van der Waals surface area contributed by atoms with Gasteiger partial charge in [-0.3, -0.25) is 0 Å². The molecule has 1 aromatic carbocycles. The topological polar surface area (TPSA) is 15.3 Å². The quantitative estimate of drug-likeness (QED) is 0.805. The Morgan fingerprint density at radius 2 is 1.75 bits per heavy atom. The minimum absolute atomic E-state index is 0.120. The van der Waals surface area contributed by atoms with Crippen LogP contribution in [0.25, 0.3) is 0 Å². The molecule has 0 amide bonds. The van der Waals surface area contributed by atoms with Crippen molar-refractivity contribution in [3.05, 3.63) is 29.6 Å². The van der Waals surface area contributed by atoms with Gasteiger partial charge in [-0.25, -0.2) is 4.39 Å². The summed E-state index contributed by atoms with van der Waals surface area (Å²) in [4.78, 5) is 2.30. The fraction of sp³-hybridized carbons (Fsp3) is 0.647. The van der Waals surface area contributed by atoms with Crippen molar-refractivity contribution in [3.8, 4) is 0 Å². The van der Waals surface area contributed by atoms with E-state index < -0.39 is 0 Å². The summed E-state index contributed by atoms with van der Waals surface area (Å²) in [5.41, 5.74) is 1.79. The molecular weight excluding hydrogens is 251 g/mol. The van der Waals surface area contributed by atoms with Gasteiger partial charge in [-0.2, -0.15) is 0 Å². The van der Waals surface area contributed by atoms with Crippen LogP contribution in [0.3, 0.4) is 0 Å². The number of nitrogens with zero attached hydrogens (tertiary/aromatic N) is 1. The normalized spacial score (nSPS) is 11.7. The Morgan fingerprint density at radius 3 is 2.25 bits per heavy atom. The largest absolute Gasteiger partial charge is 0.369 e. The first kappa shape index (κ1) is 17.0. The second kappa shape index (κ2) is 7.63. The van der Waals surface area contributed by atoms with E-state index in [0.717, 1.165) is 17.8 Å². The zero-order valence-electron chi connectivity index (χ0n) is 13.7. The smallest absolute Gasteiger partial charge is 0.129 e. The average molecular weight is 280 g/mol. The Hall–Kier alpha value is -1.09. The highest BCUT2D eigenvalue weighted by molar-refractivity contribution is 5.55. The van der Waals surface area contributed by atoms with E-state index in [1.165, 1.54) is 0 Å². The molecular formula is C17H29FN2. The summed E-state index contributed by atoms with van der Waals surface area (Å²) in [7, 11) is 0. The van der Waals surface area contributed by atoms with Gasteiger partial charge in [0.25, 0.3) is 0 Å². The van der Waals surface area contributed by atoms with Gasteiger partial charge in [-0.05, 0) is 31.9 Å². The highest BCUT2D eigenvalue weighted by Gasteiger charge is 2.18. The number of halogens is 1. The first-order chi connectivity index (χ1) is 9.32. The van der Waals surface area contributed by atoms with Crippen LogP contribution in [0.15, 0.2) is 18.2 Å². The predicted octanol–water partition coefficient (Wildman–Crippen LogP) is 4.19. The van der Waals surface area contributed by atoms with Gasteiger partial charge in [-0.15, -0.1) is 0 Å². The lowest BCUT2D eigenvalue weighted by molar-refractivity contribution is 0.538. The molecule has 0 heterocycles. The van der Waals surface area contributed by atoms with E-state index in [4.69, 9.17) is 0 Å². The van der Waals surface area contributed by atoms with E-state index in [2.05, 4.69) is 51.8 Å². The summed E-state index contributed by atoms with van der Waals surface area (Å²) >= 11 is 0. The molecule has 0 aliphatic carbocycles. The van der Waals surface area contributed by atoms with Crippen LogP contribution in [0, 0.1) is 11.7 Å². The molecule has 0 bridgehead atoms. The molecule has 0 aliphatic heterocycles. The van der Waals surface area contributed by atoms with E-state index >= 15 is 0 Å². The Labute approximate surface area is 123 Å². The lowest BCUT2D eigenvalue weighted by atomic mass is 10.1. The molecule has 1 aromatic rings. The molecule has 0 saturated carbocycles. The van der Waals surface area contributed by atoms with Gasteiger partial charge in [0.15, 0.2) is 0 Å². The maximum Gasteiger partial charge on any atom is 0.129 e. The predicted molar refractivity (Wildman–Crippen MR) is 85.7 cm³/mol. The van der Waals surface area contributed by atoms with E-state index in [0.29, 0.717) is 24.5 Å². The van der Waals surface area contributed by atoms with Gasteiger partial charge in [0.1, 0.15) is 5.82 Å². The molecule has 1 rings (SSSR count). The van der Waals surface area contributed by atoms with Gasteiger partial charge in [-0.1, -0.05) is 33.8 Å². The van der Waals surface area contributed by atoms with Crippen LogP contribution in [-0.2, 0) is 6.54 Å². The van der Waals surface area contributed by atoms with Crippen LogP contribution in [-0.4, -0.2) is 18.6 Å². The number of nitrogens with one attached hydrogen (secondary N) is 1. The van der Waals surface area contributed by atoms with Crippen LogP contribution in [0.1, 0.15) is 47.1 Å². The maximum atomic E-state index is 14.2. The molecule has 0 radical (unpaired) electrons. The number of benzene rings is 1. The highest BCUT2D eigenvalue weighted by Crippen LogP contribution is 2.26. The van der Waals surface area contributed by atoms with Gasteiger partial charge >= 0.3 is 0 Å². The summed E-state index contributed by atoms with van der Waals surface area (Å²) in [5.74, 6) is 0.427. The molecule has 0 fully saturated rings. The minimum Gasteiger partial charge on any atom is -0.369 e. The summed E-state index contributed by atoms with van der Waals surface area (Å²) in [6.07, 6.45) is 0. The molecule has 0 atom stereocenters. The van der Waals surface area contributed by atoms with Crippen molar-refractivity contribution in [1.29, 1.82) is 0 Å². The first-order valence-electron chi connectivity index (χ1n) is 7.60. The van der Waals surface area contributed by atoms with E-state index in [1.54, 1.807) is 12.1 Å². The third-order valence-electron chi connectivity index (χ3n) is 3.28. The zero-order chi connectivity index (χ0) is 15.3. The number of rotatable bonds is 7. The number of hydrogen-bond acceptors (Lipinski definition) is 2. The standard InChI is InChI=1S/C17H29FN2/c1-12(2)11-20(14(5)6)17-9-7-8-16(18)15(17)10-19-13(3)4/h7-9,12-14,19H,10-11H2,1-6H3. The fourth-order valence-corrected chi connectivity index (χ4v) is 2.28. The van der Waals surface area contributed by atoms with Crippen LogP contribution < -0.4 is 10.2 Å². The lowest BCUT2D eigenvalue weighted by Gasteiger charge is -2.33. The van der Waals surface area contributed by atoms with Crippen molar-refractivity contribution in [2.75, 3.05) is 11.4 Å². The van der Waals surface area contributed by atoms with E-state index in [1.807, 2.05) is 6.07 Å². The molecule has 0 unspecified atom stereocenters. The average Bonchev–Trinajstić information content (AvgIpc) is 2.33. The van der Waals surface area contributed by atoms with Crippen LogP contribution >= 0.6 is 0 Å². The molecule has 2 nitrogen and oxygen atoms in total. The summed E-state index contributed by atoms with van der Waals surface area (Å²) in [5, 5.41) is 3.32. The van der Waals surface area contributed by atoms with Gasteiger partial charge in [0.2, 0.25) is 0 Å². The first-order valence-corrected chi connectivity index (χ1v) is 7.60. The molecule has 0 aromatic heterocycles. The van der Waals surface area contributed by atoms with Gasteiger partial charge < -0.3 is 10.2 Å². The van der Waals surface area contributed by atoms with E-state index in [-0.39, 0.29) is 5.82 Å². The van der Waals surface area contributed by atoms with Crippen molar-refractivity contribution in [2.24, 2.45) is 5.92 Å². The van der Waals surface area contributed by atoms with Gasteiger partial charge in [0.05, 0.1) is 0 Å². The van der Waals surface area contributed by atoms with Crippen LogP contribution in [0.4, 0.5) is 10.1 Å². The number of anilines is 1. The monoisotopic (exact) mass is 280 g/mol. The molecule has 0 spiro atoms. The second-order valence-electron chi connectivity index (χ2n) is 6.41. The summed E-state index contributed by atoms with van der Waals surface area (Å²) in [6, 6.07) is 6.09. The number of hydrogen-bond donors (Lipinski definition) is 1. The van der Waals surface area contributed by atoms with E-state index in [9.17, 15) is 4.39 Å². The fourth-order valence-electron chi connectivity index (χ4n) is 2.28. The third-order valence-corrected chi connectivity index (χ3v) is 3.28. The second-order valence-corrected chi connectivity index (χ2v) is 6.41. The minimum atomic E-state index is -0.120. The molecule has 3 heteroatoms.